The van der Waals surface area contributed by atoms with Gasteiger partial charge in [0.2, 0.25) is 5.89 Å². The van der Waals surface area contributed by atoms with Crippen LogP contribution in [0.5, 0.6) is 0 Å². The molecule has 0 N–H and O–H groups in total. The van der Waals surface area contributed by atoms with Crippen molar-refractivity contribution in [3.8, 4) is 10.8 Å². The van der Waals surface area contributed by atoms with Gasteiger partial charge in [-0.05, 0) is 38.1 Å². The van der Waals surface area contributed by atoms with E-state index in [2.05, 4.69) is 15.2 Å². The van der Waals surface area contributed by atoms with Crippen LogP contribution in [-0.4, -0.2) is 39.1 Å². The minimum absolute atomic E-state index is 0.0609. The fourth-order valence-corrected chi connectivity index (χ4v) is 4.67. The number of thiazole rings is 1. The minimum Gasteiger partial charge on any atom is -0.420 e. The Bertz CT molecular complexity index is 884. The van der Waals surface area contributed by atoms with Gasteiger partial charge in [0.25, 0.3) is 11.8 Å². The summed E-state index contributed by atoms with van der Waals surface area (Å²) < 4.78 is 5.87. The lowest BCUT2D eigenvalue weighted by atomic mass is 9.98. The molecule has 6 nitrogen and oxygen atoms in total. The molecule has 1 atom stereocenters. The molecule has 0 aliphatic carbocycles. The molecule has 3 aromatic heterocycles. The summed E-state index contributed by atoms with van der Waals surface area (Å²) in [5.74, 6) is 1.33. The minimum atomic E-state index is 0.0609. The van der Waals surface area contributed by atoms with E-state index in [0.717, 1.165) is 39.8 Å². The van der Waals surface area contributed by atoms with Crippen molar-refractivity contribution in [2.24, 2.45) is 0 Å². The van der Waals surface area contributed by atoms with Crippen molar-refractivity contribution in [1.82, 2.24) is 20.1 Å². The van der Waals surface area contributed by atoms with Crippen LogP contribution in [0.25, 0.3) is 10.8 Å². The van der Waals surface area contributed by atoms with Gasteiger partial charge in [0, 0.05) is 13.1 Å². The number of carbonyl (C=O) groups excluding carboxylic acids is 1. The van der Waals surface area contributed by atoms with Crippen LogP contribution >= 0.6 is 22.7 Å². The van der Waals surface area contributed by atoms with Gasteiger partial charge in [0.15, 0.2) is 0 Å². The molecule has 0 bridgehead atoms. The molecule has 0 unspecified atom stereocenters. The monoisotopic (exact) mass is 374 g/mol. The molecule has 1 aliphatic rings. The average molecular weight is 374 g/mol. The Hall–Kier alpha value is -2.06. The van der Waals surface area contributed by atoms with Crippen molar-refractivity contribution >= 4 is 28.6 Å². The number of amides is 1. The second-order valence-electron chi connectivity index (χ2n) is 6.16. The fourth-order valence-electron chi connectivity index (χ4n) is 3.14. The van der Waals surface area contributed by atoms with Crippen LogP contribution in [0.1, 0.15) is 45.0 Å². The number of nitrogens with zero attached hydrogens (tertiary/aromatic N) is 4. The molecule has 25 heavy (non-hydrogen) atoms. The normalized spacial score (nSPS) is 17.8. The third kappa shape index (κ3) is 3.23. The largest absolute Gasteiger partial charge is 0.420 e. The van der Waals surface area contributed by atoms with Gasteiger partial charge in [0.1, 0.15) is 4.88 Å². The van der Waals surface area contributed by atoms with Crippen molar-refractivity contribution in [3.05, 3.63) is 39.0 Å². The summed E-state index contributed by atoms with van der Waals surface area (Å²) in [7, 11) is 0. The molecular weight excluding hydrogens is 356 g/mol. The van der Waals surface area contributed by atoms with Crippen LogP contribution in [0.2, 0.25) is 0 Å². The van der Waals surface area contributed by atoms with Gasteiger partial charge in [-0.15, -0.1) is 32.9 Å². The molecule has 130 valence electrons. The number of piperidine rings is 1. The molecule has 1 saturated heterocycles. The molecule has 3 aromatic rings. The van der Waals surface area contributed by atoms with Crippen LogP contribution in [0.4, 0.5) is 0 Å². The highest BCUT2D eigenvalue weighted by atomic mass is 32.1. The van der Waals surface area contributed by atoms with Crippen LogP contribution in [0.15, 0.2) is 21.9 Å². The summed E-state index contributed by atoms with van der Waals surface area (Å²) in [6, 6.07) is 3.93. The number of hydrogen-bond acceptors (Lipinski definition) is 7. The van der Waals surface area contributed by atoms with Crippen LogP contribution in [0, 0.1) is 13.8 Å². The molecule has 0 saturated carbocycles. The fraction of sp³-hybridized carbons (Fsp3) is 0.412. The standard InChI is InChI=1S/C17H18N4O2S2/c1-10-14(25-11(2)18-10)17(22)21-7-3-5-12(9-21)15-19-20-16(23-15)13-6-4-8-24-13/h4,6,8,12H,3,5,7,9H2,1-2H3/t12-/m1/s1. The van der Waals surface area contributed by atoms with E-state index in [1.807, 2.05) is 36.3 Å². The van der Waals surface area contributed by atoms with Crippen molar-refractivity contribution in [2.45, 2.75) is 32.6 Å². The summed E-state index contributed by atoms with van der Waals surface area (Å²) in [5, 5.41) is 11.3. The maximum atomic E-state index is 12.8. The summed E-state index contributed by atoms with van der Waals surface area (Å²) in [6.07, 6.45) is 1.89. The third-order valence-corrected chi connectivity index (χ3v) is 6.25. The van der Waals surface area contributed by atoms with Gasteiger partial charge < -0.3 is 9.32 Å². The molecule has 8 heteroatoms. The topological polar surface area (TPSA) is 72.1 Å². The third-order valence-electron chi connectivity index (χ3n) is 4.33. The average Bonchev–Trinajstić information content (AvgIpc) is 3.34. The predicted octanol–water partition coefficient (Wildman–Crippen LogP) is 3.89. The summed E-state index contributed by atoms with van der Waals surface area (Å²) in [4.78, 5) is 20.8. The van der Waals surface area contributed by atoms with Crippen molar-refractivity contribution < 1.29 is 9.21 Å². The zero-order valence-corrected chi connectivity index (χ0v) is 15.7. The summed E-state index contributed by atoms with van der Waals surface area (Å²) in [5.41, 5.74) is 0.812. The number of rotatable bonds is 3. The van der Waals surface area contributed by atoms with Gasteiger partial charge in [0.05, 0.1) is 21.5 Å². The summed E-state index contributed by atoms with van der Waals surface area (Å²) in [6.45, 7) is 5.19. The quantitative estimate of drug-likeness (QED) is 0.695. The molecule has 0 aromatic carbocycles. The van der Waals surface area contributed by atoms with E-state index in [9.17, 15) is 4.79 Å². The molecule has 0 spiro atoms. The lowest BCUT2D eigenvalue weighted by molar-refractivity contribution is 0.0702. The van der Waals surface area contributed by atoms with Crippen LogP contribution < -0.4 is 0 Å². The van der Waals surface area contributed by atoms with E-state index in [1.165, 1.54) is 11.3 Å². The first-order chi connectivity index (χ1) is 12.1. The van der Waals surface area contributed by atoms with Crippen molar-refractivity contribution in [3.63, 3.8) is 0 Å². The Morgan fingerprint density at radius 3 is 2.96 bits per heavy atom. The molecular formula is C17H18N4O2S2. The number of carbonyl (C=O) groups is 1. The van der Waals surface area contributed by atoms with Crippen LogP contribution in [0.3, 0.4) is 0 Å². The lowest BCUT2D eigenvalue weighted by Gasteiger charge is -2.30. The van der Waals surface area contributed by atoms with E-state index < -0.39 is 0 Å². The summed E-state index contributed by atoms with van der Waals surface area (Å²) >= 11 is 3.04. The zero-order chi connectivity index (χ0) is 17.4. The molecule has 4 rings (SSSR count). The van der Waals surface area contributed by atoms with Gasteiger partial charge in [-0.2, -0.15) is 0 Å². The highest BCUT2D eigenvalue weighted by Gasteiger charge is 2.30. The zero-order valence-electron chi connectivity index (χ0n) is 14.1. The Balaban J connectivity index is 1.51. The van der Waals surface area contributed by atoms with E-state index in [4.69, 9.17) is 4.42 Å². The van der Waals surface area contributed by atoms with E-state index in [0.29, 0.717) is 18.3 Å². The maximum absolute atomic E-state index is 12.8. The Kier molecular flexibility index (Phi) is 4.39. The van der Waals surface area contributed by atoms with E-state index in [-0.39, 0.29) is 11.8 Å². The van der Waals surface area contributed by atoms with Gasteiger partial charge in [-0.1, -0.05) is 6.07 Å². The van der Waals surface area contributed by atoms with E-state index in [1.54, 1.807) is 11.3 Å². The van der Waals surface area contributed by atoms with Crippen molar-refractivity contribution in [1.29, 1.82) is 0 Å². The molecule has 0 radical (unpaired) electrons. The second-order valence-corrected chi connectivity index (χ2v) is 8.31. The maximum Gasteiger partial charge on any atom is 0.265 e. The molecule has 1 fully saturated rings. The van der Waals surface area contributed by atoms with Gasteiger partial charge in [-0.25, -0.2) is 4.98 Å². The molecule has 1 amide bonds. The first-order valence-corrected chi connectivity index (χ1v) is 9.92. The highest BCUT2D eigenvalue weighted by Crippen LogP contribution is 2.31. The van der Waals surface area contributed by atoms with Gasteiger partial charge >= 0.3 is 0 Å². The number of hydrogen-bond donors (Lipinski definition) is 0. The Labute approximate surface area is 153 Å². The predicted molar refractivity (Wildman–Crippen MR) is 97.1 cm³/mol. The second kappa shape index (κ2) is 6.68. The molecule has 4 heterocycles. The Morgan fingerprint density at radius 1 is 1.36 bits per heavy atom. The smallest absolute Gasteiger partial charge is 0.265 e. The number of thiophene rings is 1. The number of aromatic nitrogens is 3. The SMILES string of the molecule is Cc1nc(C)c(C(=O)N2CCC[C@@H](c3nnc(-c4cccs4)o3)C2)s1. The van der Waals surface area contributed by atoms with Crippen molar-refractivity contribution in [2.75, 3.05) is 13.1 Å². The lowest BCUT2D eigenvalue weighted by Crippen LogP contribution is -2.39. The van der Waals surface area contributed by atoms with Crippen LogP contribution in [-0.2, 0) is 0 Å². The Morgan fingerprint density at radius 2 is 2.24 bits per heavy atom. The van der Waals surface area contributed by atoms with Gasteiger partial charge in [-0.3, -0.25) is 4.79 Å². The van der Waals surface area contributed by atoms with E-state index >= 15 is 0 Å². The number of aryl methyl sites for hydroxylation is 2. The first kappa shape index (κ1) is 16.4. The molecule has 1 aliphatic heterocycles. The number of likely N-dealkylation sites (tertiary alicyclic amines) is 1. The first-order valence-electron chi connectivity index (χ1n) is 8.22. The highest BCUT2D eigenvalue weighted by molar-refractivity contribution is 7.13.